The number of H-pyrrole nitrogens is 1. The van der Waals surface area contributed by atoms with E-state index in [1.807, 2.05) is 6.20 Å². The zero-order valence-electron chi connectivity index (χ0n) is 15.7. The number of ether oxygens (including phenoxy) is 2. The molecule has 1 aromatic heterocycles. The Labute approximate surface area is 158 Å². The summed E-state index contributed by atoms with van der Waals surface area (Å²) >= 11 is 0. The predicted octanol–water partition coefficient (Wildman–Crippen LogP) is 2.30. The van der Waals surface area contributed by atoms with Gasteiger partial charge in [-0.15, -0.1) is 0 Å². The highest BCUT2D eigenvalue weighted by molar-refractivity contribution is 5.83. The molecule has 4 rings (SSSR count). The molecule has 1 aromatic carbocycles. The van der Waals surface area contributed by atoms with Crippen molar-refractivity contribution in [2.45, 2.75) is 31.5 Å². The molecule has 3 heterocycles. The predicted molar refractivity (Wildman–Crippen MR) is 104 cm³/mol. The Balaban J connectivity index is 1.34. The van der Waals surface area contributed by atoms with Crippen LogP contribution < -0.4 is 5.32 Å². The molecule has 2 saturated heterocycles. The minimum atomic E-state index is -0.208. The number of guanidine groups is 1. The van der Waals surface area contributed by atoms with Crippen LogP contribution in [0.25, 0.3) is 10.9 Å². The van der Waals surface area contributed by atoms with Crippen molar-refractivity contribution in [1.82, 2.24) is 15.2 Å². The summed E-state index contributed by atoms with van der Waals surface area (Å²) in [5.41, 5.74) is 2.06. The molecule has 2 aromatic rings. The number of aromatic amines is 1. The summed E-state index contributed by atoms with van der Waals surface area (Å²) in [4.78, 5) is 9.88. The molecule has 0 bridgehead atoms. The zero-order chi connectivity index (χ0) is 18.6. The number of hydrogen-bond donors (Lipinski definition) is 2. The number of morpholine rings is 1. The van der Waals surface area contributed by atoms with Crippen LogP contribution in [0.1, 0.15) is 18.4 Å². The molecule has 27 heavy (non-hydrogen) atoms. The number of benzene rings is 1. The molecule has 6 nitrogen and oxygen atoms in total. The second kappa shape index (κ2) is 8.27. The first kappa shape index (κ1) is 18.3. The van der Waals surface area contributed by atoms with Gasteiger partial charge in [-0.25, -0.2) is 4.39 Å². The van der Waals surface area contributed by atoms with Crippen molar-refractivity contribution in [2.24, 2.45) is 4.99 Å². The van der Waals surface area contributed by atoms with Crippen LogP contribution in [-0.2, 0) is 15.9 Å². The van der Waals surface area contributed by atoms with Crippen molar-refractivity contribution >= 4 is 16.9 Å². The number of rotatable bonds is 4. The molecule has 0 amide bonds. The van der Waals surface area contributed by atoms with Crippen molar-refractivity contribution < 1.29 is 13.9 Å². The average Bonchev–Trinajstić information content (AvgIpc) is 3.36. The zero-order valence-corrected chi connectivity index (χ0v) is 15.7. The van der Waals surface area contributed by atoms with E-state index in [9.17, 15) is 4.39 Å². The molecule has 2 N–H and O–H groups in total. The first-order chi connectivity index (χ1) is 13.2. The van der Waals surface area contributed by atoms with Crippen LogP contribution in [0, 0.1) is 5.82 Å². The highest BCUT2D eigenvalue weighted by Crippen LogP contribution is 2.21. The van der Waals surface area contributed by atoms with Gasteiger partial charge in [0.2, 0.25) is 0 Å². The summed E-state index contributed by atoms with van der Waals surface area (Å²) < 4.78 is 25.2. The third kappa shape index (κ3) is 4.09. The number of aromatic nitrogens is 1. The van der Waals surface area contributed by atoms with E-state index in [4.69, 9.17) is 9.47 Å². The van der Waals surface area contributed by atoms with Crippen molar-refractivity contribution in [1.29, 1.82) is 0 Å². The number of nitrogens with one attached hydrogen (secondary N) is 2. The monoisotopic (exact) mass is 374 g/mol. The molecule has 7 heteroatoms. The number of halogens is 1. The highest BCUT2D eigenvalue weighted by atomic mass is 19.1. The molecule has 0 radical (unpaired) electrons. The molecular weight excluding hydrogens is 347 g/mol. The Morgan fingerprint density at radius 1 is 1.33 bits per heavy atom. The maximum absolute atomic E-state index is 13.5. The lowest BCUT2D eigenvalue weighted by atomic mass is 10.1. The Morgan fingerprint density at radius 2 is 2.22 bits per heavy atom. The fourth-order valence-corrected chi connectivity index (χ4v) is 3.99. The van der Waals surface area contributed by atoms with Gasteiger partial charge in [-0.05, 0) is 43.0 Å². The van der Waals surface area contributed by atoms with E-state index in [0.29, 0.717) is 6.61 Å². The molecule has 0 saturated carbocycles. The highest BCUT2D eigenvalue weighted by Gasteiger charge is 2.32. The van der Waals surface area contributed by atoms with Crippen molar-refractivity contribution in [2.75, 3.05) is 39.9 Å². The van der Waals surface area contributed by atoms with E-state index >= 15 is 0 Å². The molecule has 2 atom stereocenters. The van der Waals surface area contributed by atoms with Crippen LogP contribution in [0.5, 0.6) is 0 Å². The summed E-state index contributed by atoms with van der Waals surface area (Å²) in [6.45, 7) is 3.87. The Bertz CT molecular complexity index is 800. The van der Waals surface area contributed by atoms with Crippen LogP contribution in [0.15, 0.2) is 29.4 Å². The molecule has 146 valence electrons. The first-order valence-corrected chi connectivity index (χ1v) is 9.69. The number of fused-ring (bicyclic) bond motifs is 1. The smallest absolute Gasteiger partial charge is 0.193 e. The normalized spacial score (nSPS) is 23.9. The number of hydrogen-bond acceptors (Lipinski definition) is 3. The van der Waals surface area contributed by atoms with Crippen LogP contribution in [0.4, 0.5) is 4.39 Å². The lowest BCUT2D eigenvalue weighted by Gasteiger charge is -2.37. The fourth-order valence-electron chi connectivity index (χ4n) is 3.99. The maximum Gasteiger partial charge on any atom is 0.193 e. The topological polar surface area (TPSA) is 61.9 Å². The Hall–Kier alpha value is -2.12. The van der Waals surface area contributed by atoms with Crippen molar-refractivity contribution in [3.05, 3.63) is 35.8 Å². The van der Waals surface area contributed by atoms with Crippen LogP contribution >= 0.6 is 0 Å². The average molecular weight is 374 g/mol. The van der Waals surface area contributed by atoms with E-state index in [1.54, 1.807) is 19.2 Å². The van der Waals surface area contributed by atoms with Crippen LogP contribution in [0.3, 0.4) is 0 Å². The van der Waals surface area contributed by atoms with E-state index in [0.717, 1.165) is 67.9 Å². The minimum Gasteiger partial charge on any atom is -0.375 e. The van der Waals surface area contributed by atoms with Gasteiger partial charge in [-0.2, -0.15) is 0 Å². The van der Waals surface area contributed by atoms with Gasteiger partial charge in [-0.3, -0.25) is 4.99 Å². The first-order valence-electron chi connectivity index (χ1n) is 9.69. The van der Waals surface area contributed by atoms with E-state index in [-0.39, 0.29) is 18.0 Å². The van der Waals surface area contributed by atoms with Gasteiger partial charge < -0.3 is 24.7 Å². The van der Waals surface area contributed by atoms with Crippen molar-refractivity contribution in [3.8, 4) is 0 Å². The van der Waals surface area contributed by atoms with Gasteiger partial charge in [-0.1, -0.05) is 0 Å². The maximum atomic E-state index is 13.5. The van der Waals surface area contributed by atoms with Gasteiger partial charge >= 0.3 is 0 Å². The third-order valence-electron chi connectivity index (χ3n) is 5.39. The van der Waals surface area contributed by atoms with Crippen LogP contribution in [-0.4, -0.2) is 67.9 Å². The fraction of sp³-hybridized carbons (Fsp3) is 0.550. The summed E-state index contributed by atoms with van der Waals surface area (Å²) in [6, 6.07) is 4.84. The summed E-state index contributed by atoms with van der Waals surface area (Å²) in [7, 11) is 1.81. The standard InChI is InChI=1S/C20H27FN4O2/c1-22-20(25-8-10-27-19(13-25)18-3-2-9-26-18)23-7-6-14-12-24-17-5-4-15(21)11-16(14)17/h4-5,11-12,18-19,24H,2-3,6-10,13H2,1H3,(H,22,23). The van der Waals surface area contributed by atoms with E-state index < -0.39 is 0 Å². The Morgan fingerprint density at radius 3 is 3.04 bits per heavy atom. The second-order valence-corrected chi connectivity index (χ2v) is 7.13. The molecule has 0 spiro atoms. The molecule has 0 aliphatic carbocycles. The summed E-state index contributed by atoms with van der Waals surface area (Å²) in [6.07, 6.45) is 5.24. The third-order valence-corrected chi connectivity index (χ3v) is 5.39. The van der Waals surface area contributed by atoms with Crippen molar-refractivity contribution in [3.63, 3.8) is 0 Å². The molecule has 2 unspecified atom stereocenters. The minimum absolute atomic E-state index is 0.108. The molecule has 2 aliphatic heterocycles. The Kier molecular flexibility index (Phi) is 5.59. The second-order valence-electron chi connectivity index (χ2n) is 7.13. The molecule has 2 fully saturated rings. The largest absolute Gasteiger partial charge is 0.375 e. The molecule has 2 aliphatic rings. The van der Waals surface area contributed by atoms with Gasteiger partial charge in [0.05, 0.1) is 12.7 Å². The SMILES string of the molecule is CN=C(NCCc1c[nH]c2ccc(F)cc12)N1CCOC(C2CCCO2)C1. The van der Waals surface area contributed by atoms with Crippen LogP contribution in [0.2, 0.25) is 0 Å². The number of aliphatic imine (C=N–C) groups is 1. The number of nitrogens with zero attached hydrogens (tertiary/aromatic N) is 2. The van der Waals surface area contributed by atoms with Gasteiger partial charge in [0.1, 0.15) is 11.9 Å². The quantitative estimate of drug-likeness (QED) is 0.637. The summed E-state index contributed by atoms with van der Waals surface area (Å²) in [5, 5.41) is 4.38. The van der Waals surface area contributed by atoms with Gasteiger partial charge in [0, 0.05) is 50.4 Å². The van der Waals surface area contributed by atoms with E-state index in [1.165, 1.54) is 6.07 Å². The summed E-state index contributed by atoms with van der Waals surface area (Å²) in [5.74, 6) is 0.674. The lowest BCUT2D eigenvalue weighted by Crippen LogP contribution is -2.53. The van der Waals surface area contributed by atoms with E-state index in [2.05, 4.69) is 20.2 Å². The lowest BCUT2D eigenvalue weighted by molar-refractivity contribution is -0.0816. The molecular formula is C20H27FN4O2. The van der Waals surface area contributed by atoms with Gasteiger partial charge in [0.15, 0.2) is 5.96 Å². The van der Waals surface area contributed by atoms with Gasteiger partial charge in [0.25, 0.3) is 0 Å².